The molecule has 2 aromatic rings. The van der Waals surface area contributed by atoms with Gasteiger partial charge in [0.15, 0.2) is 5.82 Å². The van der Waals surface area contributed by atoms with Crippen LogP contribution >= 0.6 is 15.9 Å². The number of hydrogen-bond donors (Lipinski definition) is 2. The van der Waals surface area contributed by atoms with Crippen molar-refractivity contribution in [2.75, 3.05) is 17.2 Å². The van der Waals surface area contributed by atoms with Gasteiger partial charge in [0.1, 0.15) is 11.6 Å². The molecule has 110 valence electrons. The van der Waals surface area contributed by atoms with E-state index >= 15 is 0 Å². The molecule has 1 aromatic carbocycles. The molecule has 0 aliphatic heterocycles. The highest BCUT2D eigenvalue weighted by Crippen LogP contribution is 2.27. The van der Waals surface area contributed by atoms with Crippen molar-refractivity contribution in [3.05, 3.63) is 52.1 Å². The number of nitrogens with zero attached hydrogens (tertiary/aromatic N) is 1. The third kappa shape index (κ3) is 3.75. The van der Waals surface area contributed by atoms with Crippen LogP contribution in [-0.4, -0.2) is 17.4 Å². The Labute approximate surface area is 128 Å². The predicted molar refractivity (Wildman–Crippen MR) is 80.4 cm³/mol. The van der Waals surface area contributed by atoms with E-state index in [9.17, 15) is 13.6 Å². The standard InChI is InChI=1S/C14H12BrF2N3O/c1-2-18-12-4-3-8(7-19-12)14(21)20-13-10(15)5-9(16)6-11(13)17/h3-7H,2H2,1H3,(H,18,19)(H,20,21). The van der Waals surface area contributed by atoms with Gasteiger partial charge < -0.3 is 10.6 Å². The molecule has 0 saturated carbocycles. The third-order valence-corrected chi connectivity index (χ3v) is 3.25. The summed E-state index contributed by atoms with van der Waals surface area (Å²) in [6, 6.07) is 4.99. The minimum Gasteiger partial charge on any atom is -0.370 e. The summed E-state index contributed by atoms with van der Waals surface area (Å²) < 4.78 is 26.8. The molecule has 0 bridgehead atoms. The van der Waals surface area contributed by atoms with E-state index in [-0.39, 0.29) is 15.7 Å². The van der Waals surface area contributed by atoms with Crippen molar-refractivity contribution in [2.24, 2.45) is 0 Å². The van der Waals surface area contributed by atoms with Crippen LogP contribution in [0.4, 0.5) is 20.3 Å². The largest absolute Gasteiger partial charge is 0.370 e. The SMILES string of the molecule is CCNc1ccc(C(=O)Nc2c(F)cc(F)cc2Br)cn1. The normalized spacial score (nSPS) is 10.3. The zero-order valence-corrected chi connectivity index (χ0v) is 12.7. The second-order valence-corrected chi connectivity index (χ2v) is 5.02. The van der Waals surface area contributed by atoms with Crippen molar-refractivity contribution >= 4 is 33.3 Å². The highest BCUT2D eigenvalue weighted by Gasteiger charge is 2.14. The third-order valence-electron chi connectivity index (χ3n) is 2.63. The van der Waals surface area contributed by atoms with Gasteiger partial charge in [-0.3, -0.25) is 4.79 Å². The number of amides is 1. The number of halogens is 3. The molecular formula is C14H12BrF2N3O. The second kappa shape index (κ2) is 6.62. The number of carbonyl (C=O) groups excluding carboxylic acids is 1. The van der Waals surface area contributed by atoms with Crippen LogP contribution in [0, 0.1) is 11.6 Å². The Balaban J connectivity index is 2.18. The molecule has 0 radical (unpaired) electrons. The number of rotatable bonds is 4. The Morgan fingerprint density at radius 3 is 2.67 bits per heavy atom. The van der Waals surface area contributed by atoms with Crippen molar-refractivity contribution in [3.8, 4) is 0 Å². The monoisotopic (exact) mass is 355 g/mol. The first kappa shape index (κ1) is 15.4. The first-order chi connectivity index (χ1) is 10.0. The fourth-order valence-corrected chi connectivity index (χ4v) is 2.17. The van der Waals surface area contributed by atoms with Gasteiger partial charge in [0.2, 0.25) is 0 Å². The smallest absolute Gasteiger partial charge is 0.257 e. The first-order valence-electron chi connectivity index (χ1n) is 6.17. The average molecular weight is 356 g/mol. The average Bonchev–Trinajstić information content (AvgIpc) is 2.43. The number of carbonyl (C=O) groups is 1. The lowest BCUT2D eigenvalue weighted by Gasteiger charge is -2.09. The molecule has 0 fully saturated rings. The van der Waals surface area contributed by atoms with E-state index in [0.717, 1.165) is 6.07 Å². The number of pyridine rings is 1. The van der Waals surface area contributed by atoms with Gasteiger partial charge in [-0.1, -0.05) is 0 Å². The molecule has 21 heavy (non-hydrogen) atoms. The quantitative estimate of drug-likeness (QED) is 0.876. The Morgan fingerprint density at radius 1 is 1.33 bits per heavy atom. The van der Waals surface area contributed by atoms with Gasteiger partial charge >= 0.3 is 0 Å². The van der Waals surface area contributed by atoms with Crippen LogP contribution in [0.25, 0.3) is 0 Å². The number of hydrogen-bond acceptors (Lipinski definition) is 3. The van der Waals surface area contributed by atoms with E-state index in [2.05, 4.69) is 31.5 Å². The van der Waals surface area contributed by atoms with Crippen molar-refractivity contribution in [1.29, 1.82) is 0 Å². The molecule has 1 amide bonds. The molecule has 0 saturated heterocycles. The van der Waals surface area contributed by atoms with Gasteiger partial charge in [-0.05, 0) is 41.1 Å². The first-order valence-corrected chi connectivity index (χ1v) is 6.96. The van der Waals surface area contributed by atoms with Crippen molar-refractivity contribution in [1.82, 2.24) is 4.98 Å². The van der Waals surface area contributed by atoms with Crippen LogP contribution in [0.2, 0.25) is 0 Å². The Morgan fingerprint density at radius 2 is 2.10 bits per heavy atom. The zero-order valence-electron chi connectivity index (χ0n) is 11.1. The molecule has 1 aromatic heterocycles. The molecule has 4 nitrogen and oxygen atoms in total. The molecule has 1 heterocycles. The lowest BCUT2D eigenvalue weighted by molar-refractivity contribution is 0.102. The van der Waals surface area contributed by atoms with Gasteiger partial charge in [0.05, 0.1) is 11.3 Å². The van der Waals surface area contributed by atoms with E-state index in [1.54, 1.807) is 12.1 Å². The maximum atomic E-state index is 13.6. The Hall–Kier alpha value is -2.02. The van der Waals surface area contributed by atoms with Crippen molar-refractivity contribution in [3.63, 3.8) is 0 Å². The fraction of sp³-hybridized carbons (Fsp3) is 0.143. The number of anilines is 2. The minimum absolute atomic E-state index is 0.114. The predicted octanol–water partition coefficient (Wildman–Crippen LogP) is 3.81. The van der Waals surface area contributed by atoms with Gasteiger partial charge in [-0.2, -0.15) is 0 Å². The van der Waals surface area contributed by atoms with E-state index in [1.165, 1.54) is 6.20 Å². The van der Waals surface area contributed by atoms with Gasteiger partial charge in [-0.25, -0.2) is 13.8 Å². The Kier molecular flexibility index (Phi) is 4.85. The van der Waals surface area contributed by atoms with Crippen LogP contribution < -0.4 is 10.6 Å². The van der Waals surface area contributed by atoms with Crippen LogP contribution in [0.3, 0.4) is 0 Å². The molecule has 0 aliphatic rings. The zero-order chi connectivity index (χ0) is 15.4. The van der Waals surface area contributed by atoms with Crippen molar-refractivity contribution in [2.45, 2.75) is 6.92 Å². The van der Waals surface area contributed by atoms with Gasteiger partial charge in [-0.15, -0.1) is 0 Å². The summed E-state index contributed by atoms with van der Waals surface area (Å²) in [6.07, 6.45) is 1.38. The van der Waals surface area contributed by atoms with Gasteiger partial charge in [0, 0.05) is 23.3 Å². The summed E-state index contributed by atoms with van der Waals surface area (Å²) in [5.74, 6) is -1.47. The maximum Gasteiger partial charge on any atom is 0.257 e. The summed E-state index contributed by atoms with van der Waals surface area (Å²) in [4.78, 5) is 16.1. The number of benzene rings is 1. The molecule has 0 aliphatic carbocycles. The minimum atomic E-state index is -0.854. The van der Waals surface area contributed by atoms with E-state index in [0.29, 0.717) is 18.4 Å². The maximum absolute atomic E-state index is 13.6. The van der Waals surface area contributed by atoms with Crippen LogP contribution in [0.1, 0.15) is 17.3 Å². The van der Waals surface area contributed by atoms with Crippen LogP contribution in [0.5, 0.6) is 0 Å². The lowest BCUT2D eigenvalue weighted by atomic mass is 10.2. The molecule has 7 heteroatoms. The van der Waals surface area contributed by atoms with Crippen molar-refractivity contribution < 1.29 is 13.6 Å². The molecule has 2 N–H and O–H groups in total. The lowest BCUT2D eigenvalue weighted by Crippen LogP contribution is -2.14. The van der Waals surface area contributed by atoms with Crippen LogP contribution in [-0.2, 0) is 0 Å². The van der Waals surface area contributed by atoms with Crippen LogP contribution in [0.15, 0.2) is 34.9 Å². The number of nitrogens with one attached hydrogen (secondary N) is 2. The van der Waals surface area contributed by atoms with E-state index in [4.69, 9.17) is 0 Å². The molecule has 0 unspecified atom stereocenters. The molecular weight excluding hydrogens is 344 g/mol. The Bertz CT molecular complexity index is 639. The van der Waals surface area contributed by atoms with Gasteiger partial charge in [0.25, 0.3) is 5.91 Å². The van der Waals surface area contributed by atoms with E-state index in [1.807, 2.05) is 6.92 Å². The second-order valence-electron chi connectivity index (χ2n) is 4.16. The summed E-state index contributed by atoms with van der Waals surface area (Å²) >= 11 is 3.01. The van der Waals surface area contributed by atoms with E-state index < -0.39 is 17.5 Å². The summed E-state index contributed by atoms with van der Waals surface area (Å²) in [7, 11) is 0. The fourth-order valence-electron chi connectivity index (χ4n) is 1.66. The molecule has 2 rings (SSSR count). The summed E-state index contributed by atoms with van der Waals surface area (Å²) in [5.41, 5.74) is 0.157. The number of aromatic nitrogens is 1. The molecule has 0 atom stereocenters. The topological polar surface area (TPSA) is 54.0 Å². The molecule has 0 spiro atoms. The summed E-state index contributed by atoms with van der Waals surface area (Å²) in [5, 5.41) is 5.38. The highest BCUT2D eigenvalue weighted by molar-refractivity contribution is 9.10. The highest BCUT2D eigenvalue weighted by atomic mass is 79.9. The summed E-state index contributed by atoms with van der Waals surface area (Å²) in [6.45, 7) is 2.64.